The van der Waals surface area contributed by atoms with E-state index in [0.717, 1.165) is 21.1 Å². The van der Waals surface area contributed by atoms with Gasteiger partial charge in [0.1, 0.15) is 0 Å². The molecule has 0 radical (unpaired) electrons. The predicted molar refractivity (Wildman–Crippen MR) is 80.6 cm³/mol. The summed E-state index contributed by atoms with van der Waals surface area (Å²) in [5, 5.41) is 7.77. The number of nitrogens with zero attached hydrogens (tertiary/aromatic N) is 2. The molecule has 3 nitrogen and oxygen atoms in total. The van der Waals surface area contributed by atoms with Crippen molar-refractivity contribution in [3.8, 4) is 0 Å². The van der Waals surface area contributed by atoms with Gasteiger partial charge in [-0.15, -0.1) is 0 Å². The Morgan fingerprint density at radius 3 is 2.67 bits per heavy atom. The molecule has 1 unspecified atom stereocenters. The van der Waals surface area contributed by atoms with Crippen LogP contribution in [0.2, 0.25) is 0 Å². The smallest absolute Gasteiger partial charge is 0.0643 e. The first-order chi connectivity index (χ1) is 8.60. The van der Waals surface area contributed by atoms with Crippen molar-refractivity contribution >= 4 is 31.9 Å². The first-order valence-electron chi connectivity index (χ1n) is 5.71. The third kappa shape index (κ3) is 3.22. The van der Waals surface area contributed by atoms with Gasteiger partial charge in [-0.25, -0.2) is 0 Å². The van der Waals surface area contributed by atoms with Gasteiger partial charge < -0.3 is 5.32 Å². The van der Waals surface area contributed by atoms with Gasteiger partial charge >= 0.3 is 0 Å². The molecule has 1 N–H and O–H groups in total. The predicted octanol–water partition coefficient (Wildman–Crippen LogP) is 3.45. The lowest BCUT2D eigenvalue weighted by molar-refractivity contribution is 0.575. The number of hydrogen-bond acceptors (Lipinski definition) is 2. The van der Waals surface area contributed by atoms with E-state index in [1.165, 1.54) is 5.56 Å². The van der Waals surface area contributed by atoms with E-state index in [2.05, 4.69) is 66.5 Å². The average Bonchev–Trinajstić information content (AvgIpc) is 2.72. The van der Waals surface area contributed by atoms with Crippen molar-refractivity contribution < 1.29 is 0 Å². The molecule has 0 amide bonds. The first-order valence-corrected chi connectivity index (χ1v) is 7.29. The molecule has 0 bridgehead atoms. The number of aromatic nitrogens is 2. The van der Waals surface area contributed by atoms with Gasteiger partial charge in [0.25, 0.3) is 0 Å². The summed E-state index contributed by atoms with van der Waals surface area (Å²) in [6.07, 6.45) is 2.84. The molecule has 0 saturated carbocycles. The fraction of sp³-hybridized carbons (Fsp3) is 0.308. The third-order valence-electron chi connectivity index (χ3n) is 2.87. The molecule has 2 rings (SSSR count). The van der Waals surface area contributed by atoms with Gasteiger partial charge in [0, 0.05) is 34.7 Å². The molecule has 96 valence electrons. The van der Waals surface area contributed by atoms with E-state index in [0.29, 0.717) is 0 Å². The van der Waals surface area contributed by atoms with Gasteiger partial charge in [0.15, 0.2) is 0 Å². The summed E-state index contributed by atoms with van der Waals surface area (Å²) in [7, 11) is 3.91. The minimum atomic E-state index is 0.252. The summed E-state index contributed by atoms with van der Waals surface area (Å²) >= 11 is 7.08. The standard InChI is InChI=1S/C13H15Br2N3/c1-16-13(8-10-5-6-18(2)17-10)11-4-3-9(14)7-12(11)15/h3-7,13,16H,8H2,1-2H3. The zero-order chi connectivity index (χ0) is 13.1. The summed E-state index contributed by atoms with van der Waals surface area (Å²) in [5.41, 5.74) is 2.33. The van der Waals surface area contributed by atoms with Crippen molar-refractivity contribution in [3.05, 3.63) is 50.7 Å². The summed E-state index contributed by atoms with van der Waals surface area (Å²) in [4.78, 5) is 0. The van der Waals surface area contributed by atoms with Crippen LogP contribution in [0.4, 0.5) is 0 Å². The van der Waals surface area contributed by atoms with Crippen LogP contribution < -0.4 is 5.32 Å². The number of hydrogen-bond donors (Lipinski definition) is 1. The quantitative estimate of drug-likeness (QED) is 0.890. The number of rotatable bonds is 4. The van der Waals surface area contributed by atoms with Crippen LogP contribution >= 0.6 is 31.9 Å². The van der Waals surface area contributed by atoms with Crippen LogP contribution in [0, 0.1) is 0 Å². The van der Waals surface area contributed by atoms with Crippen molar-refractivity contribution in [2.45, 2.75) is 12.5 Å². The molecular weight excluding hydrogens is 358 g/mol. The zero-order valence-electron chi connectivity index (χ0n) is 10.3. The molecule has 18 heavy (non-hydrogen) atoms. The Kier molecular flexibility index (Phi) is 4.59. The molecule has 0 fully saturated rings. The van der Waals surface area contributed by atoms with Crippen LogP contribution in [0.5, 0.6) is 0 Å². The topological polar surface area (TPSA) is 29.9 Å². The van der Waals surface area contributed by atoms with Gasteiger partial charge in [-0.05, 0) is 30.8 Å². The average molecular weight is 373 g/mol. The number of halogens is 2. The number of benzene rings is 1. The van der Waals surface area contributed by atoms with E-state index in [9.17, 15) is 0 Å². The van der Waals surface area contributed by atoms with E-state index in [4.69, 9.17) is 0 Å². The van der Waals surface area contributed by atoms with E-state index in [-0.39, 0.29) is 6.04 Å². The molecule has 5 heteroatoms. The molecule has 2 aromatic rings. The van der Waals surface area contributed by atoms with Crippen molar-refractivity contribution in [2.24, 2.45) is 7.05 Å². The lowest BCUT2D eigenvalue weighted by atomic mass is 10.0. The summed E-state index contributed by atoms with van der Waals surface area (Å²) in [6, 6.07) is 8.55. The molecule has 0 aliphatic carbocycles. The highest BCUT2D eigenvalue weighted by Gasteiger charge is 2.14. The second-order valence-corrected chi connectivity index (χ2v) is 5.96. The highest BCUT2D eigenvalue weighted by atomic mass is 79.9. The molecule has 1 atom stereocenters. The normalized spacial score (nSPS) is 12.7. The van der Waals surface area contributed by atoms with Crippen molar-refractivity contribution in [3.63, 3.8) is 0 Å². The Hall–Kier alpha value is -0.650. The Labute approximate surface area is 124 Å². The van der Waals surface area contributed by atoms with Crippen LogP contribution in [0.3, 0.4) is 0 Å². The first kappa shape index (κ1) is 13.8. The Bertz CT molecular complexity index is 537. The summed E-state index contributed by atoms with van der Waals surface area (Å²) < 4.78 is 4.01. The van der Waals surface area contributed by atoms with Crippen LogP contribution in [-0.2, 0) is 13.5 Å². The maximum atomic E-state index is 4.42. The molecule has 1 heterocycles. The zero-order valence-corrected chi connectivity index (χ0v) is 13.5. The highest BCUT2D eigenvalue weighted by Crippen LogP contribution is 2.28. The van der Waals surface area contributed by atoms with Gasteiger partial charge in [-0.1, -0.05) is 37.9 Å². The van der Waals surface area contributed by atoms with Gasteiger partial charge in [-0.2, -0.15) is 5.10 Å². The second-order valence-electron chi connectivity index (χ2n) is 4.19. The van der Waals surface area contributed by atoms with Crippen LogP contribution in [0.1, 0.15) is 17.3 Å². The fourth-order valence-electron chi connectivity index (χ4n) is 1.93. The largest absolute Gasteiger partial charge is 0.313 e. The maximum absolute atomic E-state index is 4.42. The maximum Gasteiger partial charge on any atom is 0.0643 e. The summed E-state index contributed by atoms with van der Waals surface area (Å²) in [6.45, 7) is 0. The highest BCUT2D eigenvalue weighted by molar-refractivity contribution is 9.11. The van der Waals surface area contributed by atoms with Crippen molar-refractivity contribution in [1.29, 1.82) is 0 Å². The Morgan fingerprint density at radius 1 is 1.33 bits per heavy atom. The summed E-state index contributed by atoms with van der Waals surface area (Å²) in [5.74, 6) is 0. The molecule has 0 aliphatic heterocycles. The van der Waals surface area contributed by atoms with Crippen LogP contribution in [-0.4, -0.2) is 16.8 Å². The lowest BCUT2D eigenvalue weighted by Gasteiger charge is -2.17. The third-order valence-corrected chi connectivity index (χ3v) is 4.05. The minimum Gasteiger partial charge on any atom is -0.313 e. The number of aryl methyl sites for hydroxylation is 1. The SMILES string of the molecule is CNC(Cc1ccn(C)n1)c1ccc(Br)cc1Br. The van der Waals surface area contributed by atoms with Gasteiger partial charge in [0.2, 0.25) is 0 Å². The Morgan fingerprint density at radius 2 is 2.11 bits per heavy atom. The van der Waals surface area contributed by atoms with Crippen LogP contribution in [0.15, 0.2) is 39.4 Å². The van der Waals surface area contributed by atoms with Gasteiger partial charge in [0.05, 0.1) is 5.69 Å². The number of likely N-dealkylation sites (N-methyl/N-ethyl adjacent to an activating group) is 1. The van der Waals surface area contributed by atoms with E-state index < -0.39 is 0 Å². The lowest BCUT2D eigenvalue weighted by Crippen LogP contribution is -2.19. The molecular formula is C13H15Br2N3. The molecule has 0 spiro atoms. The Balaban J connectivity index is 2.22. The monoisotopic (exact) mass is 371 g/mol. The van der Waals surface area contributed by atoms with Gasteiger partial charge in [-0.3, -0.25) is 4.68 Å². The second kappa shape index (κ2) is 5.99. The van der Waals surface area contributed by atoms with E-state index >= 15 is 0 Å². The number of nitrogens with one attached hydrogen (secondary N) is 1. The minimum absolute atomic E-state index is 0.252. The van der Waals surface area contributed by atoms with E-state index in [1.54, 1.807) is 0 Å². The molecule has 0 aliphatic rings. The van der Waals surface area contributed by atoms with Crippen molar-refractivity contribution in [1.82, 2.24) is 15.1 Å². The fourth-order valence-corrected chi connectivity index (χ4v) is 3.26. The molecule has 1 aromatic carbocycles. The van der Waals surface area contributed by atoms with Crippen LogP contribution in [0.25, 0.3) is 0 Å². The molecule has 0 saturated heterocycles. The van der Waals surface area contributed by atoms with Crippen molar-refractivity contribution in [2.75, 3.05) is 7.05 Å². The van der Waals surface area contributed by atoms with E-state index in [1.807, 2.05) is 25.0 Å². The molecule has 1 aromatic heterocycles.